The summed E-state index contributed by atoms with van der Waals surface area (Å²) in [5.74, 6) is 0.673. The van der Waals surface area contributed by atoms with Crippen LogP contribution in [0.4, 0.5) is 5.95 Å². The zero-order valence-corrected chi connectivity index (χ0v) is 13.8. The van der Waals surface area contributed by atoms with Gasteiger partial charge in [-0.15, -0.1) is 0 Å². The van der Waals surface area contributed by atoms with Crippen molar-refractivity contribution >= 4 is 28.6 Å². The van der Waals surface area contributed by atoms with Crippen molar-refractivity contribution in [2.45, 2.75) is 6.54 Å². The molecule has 0 bridgehead atoms. The highest BCUT2D eigenvalue weighted by molar-refractivity contribution is 6.29. The Morgan fingerprint density at radius 1 is 1.12 bits per heavy atom. The van der Waals surface area contributed by atoms with E-state index >= 15 is 0 Å². The highest BCUT2D eigenvalue weighted by Crippen LogP contribution is 2.28. The summed E-state index contributed by atoms with van der Waals surface area (Å²) >= 11 is 6.17. The topological polar surface area (TPSA) is 86.7 Å². The molecule has 0 atom stereocenters. The van der Waals surface area contributed by atoms with Gasteiger partial charge in [0, 0.05) is 36.0 Å². The number of hydrogen-bond acceptors (Lipinski definition) is 5. The fourth-order valence-electron chi connectivity index (χ4n) is 2.60. The minimum Gasteiger partial charge on any atom is -0.508 e. The number of phenolic OH excluding ortho intramolecular Hbond substituents is 1. The quantitative estimate of drug-likeness (QED) is 0.484. The van der Waals surface area contributed by atoms with E-state index in [1.165, 1.54) is 0 Å². The zero-order chi connectivity index (χ0) is 17.2. The van der Waals surface area contributed by atoms with E-state index in [0.717, 1.165) is 22.2 Å². The van der Waals surface area contributed by atoms with Gasteiger partial charge in [-0.25, -0.2) is 15.0 Å². The molecule has 6 nitrogen and oxygen atoms in total. The smallest absolute Gasteiger partial charge is 0.224 e. The molecule has 0 amide bonds. The minimum absolute atomic E-state index is 0.234. The fraction of sp³-hybridized carbons (Fsp3) is 0.0556. The van der Waals surface area contributed by atoms with E-state index in [4.69, 9.17) is 11.6 Å². The van der Waals surface area contributed by atoms with Gasteiger partial charge < -0.3 is 15.4 Å². The predicted octanol–water partition coefficient (Wildman–Crippen LogP) is 3.99. The first-order valence-electron chi connectivity index (χ1n) is 7.68. The summed E-state index contributed by atoms with van der Waals surface area (Å²) < 4.78 is 0. The molecule has 0 fully saturated rings. The third-order valence-electron chi connectivity index (χ3n) is 3.81. The van der Waals surface area contributed by atoms with E-state index in [-0.39, 0.29) is 5.75 Å². The van der Waals surface area contributed by atoms with Crippen molar-refractivity contribution in [1.82, 2.24) is 19.9 Å². The average molecular weight is 352 g/mol. The third kappa shape index (κ3) is 3.25. The lowest BCUT2D eigenvalue weighted by Crippen LogP contribution is -2.04. The Hall–Kier alpha value is -3.12. The van der Waals surface area contributed by atoms with Crippen molar-refractivity contribution in [2.24, 2.45) is 0 Å². The van der Waals surface area contributed by atoms with E-state index in [1.54, 1.807) is 24.4 Å². The number of pyridine rings is 1. The number of rotatable bonds is 4. The Bertz CT molecular complexity index is 1030. The molecule has 0 spiro atoms. The van der Waals surface area contributed by atoms with E-state index in [2.05, 4.69) is 25.3 Å². The molecule has 3 N–H and O–H groups in total. The molecule has 3 aromatic heterocycles. The summed E-state index contributed by atoms with van der Waals surface area (Å²) in [7, 11) is 0. The Kier molecular flexibility index (Phi) is 3.95. The molecule has 0 aliphatic carbocycles. The van der Waals surface area contributed by atoms with Crippen LogP contribution in [0.5, 0.6) is 5.75 Å². The number of aromatic amines is 1. The zero-order valence-electron chi connectivity index (χ0n) is 13.1. The van der Waals surface area contributed by atoms with Gasteiger partial charge in [-0.1, -0.05) is 23.7 Å². The van der Waals surface area contributed by atoms with Gasteiger partial charge in [0.15, 0.2) is 0 Å². The molecule has 0 saturated carbocycles. The summed E-state index contributed by atoms with van der Waals surface area (Å²) in [6.45, 7) is 0.523. The Balaban J connectivity index is 1.63. The van der Waals surface area contributed by atoms with Gasteiger partial charge in [-0.05, 0) is 29.8 Å². The maximum absolute atomic E-state index is 9.34. The normalized spacial score (nSPS) is 10.9. The van der Waals surface area contributed by atoms with E-state index in [1.807, 2.05) is 30.5 Å². The second kappa shape index (κ2) is 6.41. The van der Waals surface area contributed by atoms with Gasteiger partial charge in [0.1, 0.15) is 16.5 Å². The molecule has 25 heavy (non-hydrogen) atoms. The number of hydrogen-bond donors (Lipinski definition) is 3. The minimum atomic E-state index is 0.234. The van der Waals surface area contributed by atoms with Crippen LogP contribution in [0.25, 0.3) is 22.3 Å². The molecule has 0 saturated heterocycles. The van der Waals surface area contributed by atoms with Gasteiger partial charge in [0.2, 0.25) is 5.95 Å². The number of benzene rings is 1. The van der Waals surface area contributed by atoms with Gasteiger partial charge >= 0.3 is 0 Å². The van der Waals surface area contributed by atoms with Crippen LogP contribution >= 0.6 is 11.6 Å². The molecular weight excluding hydrogens is 338 g/mol. The summed E-state index contributed by atoms with van der Waals surface area (Å²) in [6, 6.07) is 12.5. The largest absolute Gasteiger partial charge is 0.508 e. The van der Waals surface area contributed by atoms with Crippen LogP contribution in [0, 0.1) is 0 Å². The van der Waals surface area contributed by atoms with Gasteiger partial charge in [-0.3, -0.25) is 0 Å². The summed E-state index contributed by atoms with van der Waals surface area (Å²) in [4.78, 5) is 16.2. The molecule has 0 radical (unpaired) electrons. The van der Waals surface area contributed by atoms with Crippen molar-refractivity contribution < 1.29 is 5.11 Å². The van der Waals surface area contributed by atoms with Crippen LogP contribution < -0.4 is 5.32 Å². The number of nitrogens with zero attached hydrogens (tertiary/aromatic N) is 3. The number of halogens is 1. The summed E-state index contributed by atoms with van der Waals surface area (Å²) in [5, 5.41) is 13.8. The van der Waals surface area contributed by atoms with E-state index < -0.39 is 0 Å². The number of phenols is 1. The molecule has 124 valence electrons. The number of aromatic nitrogens is 4. The van der Waals surface area contributed by atoms with Crippen molar-refractivity contribution in [3.8, 4) is 17.0 Å². The lowest BCUT2D eigenvalue weighted by molar-refractivity contribution is 0.475. The molecular formula is C18H14ClN5O. The highest BCUT2D eigenvalue weighted by Gasteiger charge is 2.11. The first-order valence-corrected chi connectivity index (χ1v) is 8.06. The fourth-order valence-corrected chi connectivity index (χ4v) is 2.78. The van der Waals surface area contributed by atoms with Crippen molar-refractivity contribution in [3.05, 3.63) is 65.6 Å². The van der Waals surface area contributed by atoms with Crippen LogP contribution in [-0.2, 0) is 6.54 Å². The lowest BCUT2D eigenvalue weighted by atomic mass is 10.1. The second-order valence-corrected chi connectivity index (χ2v) is 5.91. The van der Waals surface area contributed by atoms with Crippen LogP contribution in [-0.4, -0.2) is 25.0 Å². The molecule has 3 heterocycles. The number of H-pyrrole nitrogens is 1. The highest BCUT2D eigenvalue weighted by atomic mass is 35.5. The average Bonchev–Trinajstić information content (AvgIpc) is 3.05. The molecule has 4 rings (SSSR count). The number of anilines is 1. The molecule has 0 aliphatic rings. The molecule has 4 aromatic rings. The van der Waals surface area contributed by atoms with E-state index in [9.17, 15) is 5.11 Å². The van der Waals surface area contributed by atoms with Gasteiger partial charge in [-0.2, -0.15) is 0 Å². The number of aromatic hydroxyl groups is 1. The van der Waals surface area contributed by atoms with Crippen molar-refractivity contribution in [2.75, 3.05) is 5.32 Å². The van der Waals surface area contributed by atoms with Crippen molar-refractivity contribution in [3.63, 3.8) is 0 Å². The van der Waals surface area contributed by atoms with Crippen LogP contribution in [0.3, 0.4) is 0 Å². The number of fused-ring (bicyclic) bond motifs is 1. The number of nitrogens with one attached hydrogen (secondary N) is 2. The van der Waals surface area contributed by atoms with Crippen LogP contribution in [0.15, 0.2) is 54.9 Å². The molecule has 7 heteroatoms. The summed E-state index contributed by atoms with van der Waals surface area (Å²) in [6.07, 6.45) is 3.60. The Labute approximate surface area is 148 Å². The molecule has 0 unspecified atom stereocenters. The van der Waals surface area contributed by atoms with Gasteiger partial charge in [0.05, 0.1) is 5.69 Å². The predicted molar refractivity (Wildman–Crippen MR) is 97.6 cm³/mol. The first-order chi connectivity index (χ1) is 12.2. The SMILES string of the molecule is Oc1ccc(CNc2nc(Cl)cc(-c3c[nH]c4ncccc34)n2)cc1. The third-order valence-corrected chi connectivity index (χ3v) is 4.00. The maximum Gasteiger partial charge on any atom is 0.224 e. The Morgan fingerprint density at radius 3 is 2.80 bits per heavy atom. The monoisotopic (exact) mass is 351 g/mol. The molecule has 0 aliphatic heterocycles. The van der Waals surface area contributed by atoms with Crippen molar-refractivity contribution in [1.29, 1.82) is 0 Å². The maximum atomic E-state index is 9.34. The first kappa shape index (κ1) is 15.4. The standard InChI is InChI=1S/C18H14ClN5O/c19-16-8-15(14-10-21-17-13(14)2-1-7-20-17)23-18(24-16)22-9-11-3-5-12(25)6-4-11/h1-8,10,25H,9H2,(H,20,21)(H,22,23,24). The van der Waals surface area contributed by atoms with Crippen LogP contribution in [0.1, 0.15) is 5.56 Å². The van der Waals surface area contributed by atoms with Gasteiger partial charge in [0.25, 0.3) is 0 Å². The second-order valence-electron chi connectivity index (χ2n) is 5.52. The van der Waals surface area contributed by atoms with E-state index in [0.29, 0.717) is 23.3 Å². The lowest BCUT2D eigenvalue weighted by Gasteiger charge is -2.07. The molecule has 1 aromatic carbocycles. The summed E-state index contributed by atoms with van der Waals surface area (Å²) in [5.41, 5.74) is 3.43. The Morgan fingerprint density at radius 2 is 1.96 bits per heavy atom. The van der Waals surface area contributed by atoms with Crippen LogP contribution in [0.2, 0.25) is 5.15 Å².